The molecule has 1 aromatic carbocycles. The van der Waals surface area contributed by atoms with E-state index in [-0.39, 0.29) is 0 Å². The Hall–Kier alpha value is -1.75. The number of hydrogen-bond acceptors (Lipinski definition) is 3. The quantitative estimate of drug-likeness (QED) is 0.587. The van der Waals surface area contributed by atoms with E-state index in [9.17, 15) is 5.11 Å². The Balaban J connectivity index is 1.35. The van der Waals surface area contributed by atoms with Crippen molar-refractivity contribution in [2.24, 2.45) is 16.3 Å². The van der Waals surface area contributed by atoms with Crippen LogP contribution in [0.5, 0.6) is 0 Å². The molecule has 3 fully saturated rings. The van der Waals surface area contributed by atoms with Gasteiger partial charge in [-0.05, 0) is 68.1 Å². The van der Waals surface area contributed by atoms with Crippen molar-refractivity contribution in [3.8, 4) is 0 Å². The molecule has 1 saturated carbocycles. The Morgan fingerprint density at radius 2 is 1.83 bits per heavy atom. The fraction of sp³-hybridized carbons (Fsp3) is 0.708. The van der Waals surface area contributed by atoms with Crippen molar-refractivity contribution in [1.29, 1.82) is 0 Å². The van der Waals surface area contributed by atoms with Crippen molar-refractivity contribution >= 4 is 11.6 Å². The second kappa shape index (κ2) is 9.38. The maximum absolute atomic E-state index is 9.33. The van der Waals surface area contributed by atoms with Crippen LogP contribution in [0.15, 0.2) is 29.3 Å². The topological polar surface area (TPSA) is 51.1 Å². The lowest BCUT2D eigenvalue weighted by atomic mass is 9.86. The molecule has 2 heterocycles. The van der Waals surface area contributed by atoms with Gasteiger partial charge in [-0.25, -0.2) is 4.99 Å². The molecule has 1 spiro atoms. The van der Waals surface area contributed by atoms with Gasteiger partial charge in [0.2, 0.25) is 0 Å². The smallest absolute Gasteiger partial charge is 0.194 e. The maximum Gasteiger partial charge on any atom is 0.194 e. The SMILES string of the molecule is CCNC(=NCc1ccc(N2CCC(CO)CC2)cc1)N1CCC2(CCCC2)C1. The molecule has 0 atom stereocenters. The van der Waals surface area contributed by atoms with Gasteiger partial charge in [-0.3, -0.25) is 0 Å². The molecule has 0 radical (unpaired) electrons. The predicted molar refractivity (Wildman–Crippen MR) is 120 cm³/mol. The monoisotopic (exact) mass is 398 g/mol. The van der Waals surface area contributed by atoms with Gasteiger partial charge in [0.25, 0.3) is 0 Å². The zero-order valence-corrected chi connectivity index (χ0v) is 18.1. The van der Waals surface area contributed by atoms with Gasteiger partial charge in [0.1, 0.15) is 0 Å². The second-order valence-corrected chi connectivity index (χ2v) is 9.33. The summed E-state index contributed by atoms with van der Waals surface area (Å²) in [5, 5.41) is 12.8. The number of benzene rings is 1. The van der Waals surface area contributed by atoms with Gasteiger partial charge in [0.15, 0.2) is 5.96 Å². The average Bonchev–Trinajstić information content (AvgIpc) is 3.41. The van der Waals surface area contributed by atoms with Gasteiger partial charge in [0, 0.05) is 45.0 Å². The van der Waals surface area contributed by atoms with E-state index in [4.69, 9.17) is 4.99 Å². The summed E-state index contributed by atoms with van der Waals surface area (Å²) in [6.07, 6.45) is 9.13. The number of rotatable bonds is 5. The first-order chi connectivity index (χ1) is 14.2. The van der Waals surface area contributed by atoms with Crippen LogP contribution in [0.25, 0.3) is 0 Å². The summed E-state index contributed by atoms with van der Waals surface area (Å²) in [6, 6.07) is 8.92. The number of anilines is 1. The van der Waals surface area contributed by atoms with Gasteiger partial charge >= 0.3 is 0 Å². The van der Waals surface area contributed by atoms with Crippen molar-refractivity contribution in [3.05, 3.63) is 29.8 Å². The van der Waals surface area contributed by atoms with E-state index in [0.717, 1.165) is 51.5 Å². The standard InChI is InChI=1S/C24H38N4O/c1-2-25-23(28-16-13-24(19-28)11-3-4-12-24)26-17-20-5-7-22(8-6-20)27-14-9-21(18-29)10-15-27/h5-8,21,29H,2-4,9-19H2,1H3,(H,25,26). The zero-order valence-electron chi connectivity index (χ0n) is 18.1. The molecule has 0 bridgehead atoms. The largest absolute Gasteiger partial charge is 0.396 e. The van der Waals surface area contributed by atoms with E-state index in [1.807, 2.05) is 0 Å². The summed E-state index contributed by atoms with van der Waals surface area (Å²) < 4.78 is 0. The van der Waals surface area contributed by atoms with Crippen LogP contribution >= 0.6 is 0 Å². The highest BCUT2D eigenvalue weighted by molar-refractivity contribution is 5.80. The molecule has 5 nitrogen and oxygen atoms in total. The normalized spacial score (nSPS) is 22.6. The number of aliphatic hydroxyl groups is 1. The van der Waals surface area contributed by atoms with E-state index in [1.165, 1.54) is 49.9 Å². The molecular formula is C24H38N4O. The molecule has 2 saturated heterocycles. The summed E-state index contributed by atoms with van der Waals surface area (Å²) in [5.74, 6) is 1.57. The van der Waals surface area contributed by atoms with Gasteiger partial charge in [-0.15, -0.1) is 0 Å². The first-order valence-corrected chi connectivity index (χ1v) is 11.7. The van der Waals surface area contributed by atoms with Crippen LogP contribution in [0.2, 0.25) is 0 Å². The molecular weight excluding hydrogens is 360 g/mol. The first kappa shape index (κ1) is 20.5. The van der Waals surface area contributed by atoms with Crippen LogP contribution in [0.3, 0.4) is 0 Å². The Bertz CT molecular complexity index is 673. The van der Waals surface area contributed by atoms with E-state index >= 15 is 0 Å². The molecule has 4 rings (SSSR count). The van der Waals surface area contributed by atoms with E-state index in [0.29, 0.717) is 17.9 Å². The minimum Gasteiger partial charge on any atom is -0.396 e. The molecule has 1 aliphatic carbocycles. The molecule has 2 N–H and O–H groups in total. The lowest BCUT2D eigenvalue weighted by Crippen LogP contribution is -2.41. The number of guanidine groups is 1. The van der Waals surface area contributed by atoms with Crippen LogP contribution in [0.1, 0.15) is 57.4 Å². The van der Waals surface area contributed by atoms with Crippen LogP contribution in [0.4, 0.5) is 5.69 Å². The first-order valence-electron chi connectivity index (χ1n) is 11.7. The summed E-state index contributed by atoms with van der Waals surface area (Å²) in [4.78, 5) is 9.91. The number of aliphatic hydroxyl groups excluding tert-OH is 1. The number of aliphatic imine (C=N–C) groups is 1. The fourth-order valence-electron chi connectivity index (χ4n) is 5.43. The molecule has 1 aromatic rings. The highest BCUT2D eigenvalue weighted by atomic mass is 16.3. The third kappa shape index (κ3) is 4.88. The maximum atomic E-state index is 9.33. The zero-order chi connectivity index (χ0) is 20.1. The number of likely N-dealkylation sites (tertiary alicyclic amines) is 1. The highest BCUT2D eigenvalue weighted by Crippen LogP contribution is 2.45. The summed E-state index contributed by atoms with van der Waals surface area (Å²) >= 11 is 0. The third-order valence-corrected chi connectivity index (χ3v) is 7.32. The van der Waals surface area contributed by atoms with Crippen molar-refractivity contribution < 1.29 is 5.11 Å². The summed E-state index contributed by atoms with van der Waals surface area (Å²) in [6.45, 7) is 8.57. The molecule has 160 valence electrons. The van der Waals surface area contributed by atoms with Crippen LogP contribution in [-0.4, -0.2) is 55.3 Å². The summed E-state index contributed by atoms with van der Waals surface area (Å²) in [7, 11) is 0. The minimum absolute atomic E-state index is 0.330. The lowest BCUT2D eigenvalue weighted by molar-refractivity contribution is 0.203. The second-order valence-electron chi connectivity index (χ2n) is 9.33. The molecule has 3 aliphatic rings. The van der Waals surface area contributed by atoms with Crippen LogP contribution < -0.4 is 10.2 Å². The Kier molecular flexibility index (Phi) is 6.63. The van der Waals surface area contributed by atoms with Crippen molar-refractivity contribution in [3.63, 3.8) is 0 Å². The molecule has 29 heavy (non-hydrogen) atoms. The predicted octanol–water partition coefficient (Wildman–Crippen LogP) is 3.63. The molecule has 5 heteroatoms. The molecule has 0 unspecified atom stereocenters. The van der Waals surface area contributed by atoms with Crippen LogP contribution in [0, 0.1) is 11.3 Å². The van der Waals surface area contributed by atoms with Crippen molar-refractivity contribution in [2.75, 3.05) is 44.2 Å². The number of hydrogen-bond donors (Lipinski definition) is 2. The van der Waals surface area contributed by atoms with Gasteiger partial charge < -0.3 is 20.2 Å². The Morgan fingerprint density at radius 3 is 2.48 bits per heavy atom. The Morgan fingerprint density at radius 1 is 1.10 bits per heavy atom. The molecule has 2 aliphatic heterocycles. The molecule has 0 aromatic heterocycles. The van der Waals surface area contributed by atoms with Crippen LogP contribution in [-0.2, 0) is 6.54 Å². The third-order valence-electron chi connectivity index (χ3n) is 7.32. The van der Waals surface area contributed by atoms with E-state index in [1.54, 1.807) is 0 Å². The van der Waals surface area contributed by atoms with Gasteiger partial charge in [-0.2, -0.15) is 0 Å². The summed E-state index contributed by atoms with van der Waals surface area (Å²) in [5.41, 5.74) is 3.13. The Labute approximate surface area is 176 Å². The van der Waals surface area contributed by atoms with Gasteiger partial charge in [0.05, 0.1) is 6.54 Å². The minimum atomic E-state index is 0.330. The number of nitrogens with zero attached hydrogens (tertiary/aromatic N) is 3. The van der Waals surface area contributed by atoms with E-state index < -0.39 is 0 Å². The van der Waals surface area contributed by atoms with Crippen molar-refractivity contribution in [1.82, 2.24) is 10.2 Å². The lowest BCUT2D eigenvalue weighted by Gasteiger charge is -2.33. The number of nitrogens with one attached hydrogen (secondary N) is 1. The van der Waals surface area contributed by atoms with Crippen molar-refractivity contribution in [2.45, 2.75) is 58.4 Å². The highest BCUT2D eigenvalue weighted by Gasteiger charge is 2.41. The average molecular weight is 399 g/mol. The van der Waals surface area contributed by atoms with E-state index in [2.05, 4.69) is 46.3 Å². The van der Waals surface area contributed by atoms with Gasteiger partial charge in [-0.1, -0.05) is 25.0 Å². The fourth-order valence-corrected chi connectivity index (χ4v) is 5.43. The number of piperidine rings is 1. The molecule has 0 amide bonds.